The Morgan fingerprint density at radius 1 is 1.15 bits per heavy atom. The molecule has 3 heterocycles. The molecule has 0 spiro atoms. The predicted molar refractivity (Wildman–Crippen MR) is 55.0 cm³/mol. The second-order valence-electron chi connectivity index (χ2n) is 3.05. The van der Waals surface area contributed by atoms with Gasteiger partial charge in [0.25, 0.3) is 0 Å². The number of hydrogen-bond acceptors (Lipinski definition) is 1. The minimum absolute atomic E-state index is 1.24. The third-order valence-corrected chi connectivity index (χ3v) is 3.08. The van der Waals surface area contributed by atoms with Gasteiger partial charge in [-0.25, -0.2) is 0 Å². The van der Waals surface area contributed by atoms with Crippen molar-refractivity contribution in [1.82, 2.24) is 0 Å². The van der Waals surface area contributed by atoms with Crippen molar-refractivity contribution in [3.05, 3.63) is 48.1 Å². The zero-order valence-corrected chi connectivity index (χ0v) is 7.79. The highest BCUT2D eigenvalue weighted by Gasteiger charge is 2.03. The van der Waals surface area contributed by atoms with Gasteiger partial charge in [-0.05, 0) is 17.5 Å². The van der Waals surface area contributed by atoms with E-state index < -0.39 is 0 Å². The molecule has 0 saturated carbocycles. The van der Waals surface area contributed by atoms with E-state index in [1.165, 1.54) is 15.6 Å². The second kappa shape index (κ2) is 2.54. The number of aromatic nitrogens is 1. The highest BCUT2D eigenvalue weighted by molar-refractivity contribution is 7.17. The maximum Gasteiger partial charge on any atom is 0.211 e. The molecule has 0 amide bonds. The molecule has 0 aromatic carbocycles. The topological polar surface area (TPSA) is 4.10 Å². The van der Waals surface area contributed by atoms with Gasteiger partial charge in [0, 0.05) is 23.6 Å². The van der Waals surface area contributed by atoms with Crippen LogP contribution in [-0.4, -0.2) is 0 Å². The summed E-state index contributed by atoms with van der Waals surface area (Å²) in [4.78, 5) is 0. The minimum Gasteiger partial charge on any atom is -0.166 e. The third-order valence-electron chi connectivity index (χ3n) is 2.21. The van der Waals surface area contributed by atoms with Gasteiger partial charge in [-0.3, -0.25) is 0 Å². The van der Waals surface area contributed by atoms with Gasteiger partial charge in [-0.15, -0.1) is 11.3 Å². The summed E-state index contributed by atoms with van der Waals surface area (Å²) >= 11 is 1.78. The van der Waals surface area contributed by atoms with Crippen LogP contribution in [0.4, 0.5) is 0 Å². The zero-order valence-electron chi connectivity index (χ0n) is 6.97. The number of rotatable bonds is 0. The van der Waals surface area contributed by atoms with Gasteiger partial charge in [0.1, 0.15) is 0 Å². The Bertz CT molecular complexity index is 519. The van der Waals surface area contributed by atoms with Crippen molar-refractivity contribution in [2.24, 2.45) is 0 Å². The number of pyridine rings is 2. The molecule has 0 radical (unpaired) electrons. The Hall–Kier alpha value is -1.41. The SMILES string of the molecule is c1cc[n+]2cc3sccc3cc2c1. The predicted octanol–water partition coefficient (Wildman–Crippen LogP) is 2.64. The molecule has 0 fully saturated rings. The van der Waals surface area contributed by atoms with Crippen LogP contribution in [0.5, 0.6) is 0 Å². The molecule has 13 heavy (non-hydrogen) atoms. The summed E-state index contributed by atoms with van der Waals surface area (Å²) in [7, 11) is 0. The van der Waals surface area contributed by atoms with E-state index in [4.69, 9.17) is 0 Å². The van der Waals surface area contributed by atoms with Crippen molar-refractivity contribution in [3.8, 4) is 0 Å². The van der Waals surface area contributed by atoms with Crippen molar-refractivity contribution in [2.45, 2.75) is 0 Å². The van der Waals surface area contributed by atoms with Gasteiger partial charge >= 0.3 is 0 Å². The fourth-order valence-electron chi connectivity index (χ4n) is 1.55. The molecule has 1 nitrogen and oxygen atoms in total. The molecule has 0 aliphatic heterocycles. The van der Waals surface area contributed by atoms with Crippen LogP contribution in [0.2, 0.25) is 0 Å². The lowest BCUT2D eigenvalue weighted by atomic mass is 10.3. The highest BCUT2D eigenvalue weighted by atomic mass is 32.1. The highest BCUT2D eigenvalue weighted by Crippen LogP contribution is 2.19. The Morgan fingerprint density at radius 3 is 3.15 bits per heavy atom. The van der Waals surface area contributed by atoms with Gasteiger partial charge in [-0.2, -0.15) is 4.40 Å². The zero-order chi connectivity index (χ0) is 8.67. The lowest BCUT2D eigenvalue weighted by molar-refractivity contribution is -0.510. The van der Waals surface area contributed by atoms with Crippen LogP contribution >= 0.6 is 11.3 Å². The van der Waals surface area contributed by atoms with Crippen molar-refractivity contribution in [1.29, 1.82) is 0 Å². The van der Waals surface area contributed by atoms with Gasteiger partial charge in [0.2, 0.25) is 5.52 Å². The quantitative estimate of drug-likeness (QED) is 0.475. The van der Waals surface area contributed by atoms with Crippen LogP contribution in [0.15, 0.2) is 48.1 Å². The molecule has 62 valence electrons. The van der Waals surface area contributed by atoms with Gasteiger partial charge in [-0.1, -0.05) is 0 Å². The normalized spacial score (nSPS) is 11.1. The van der Waals surface area contributed by atoms with Gasteiger partial charge in [0.05, 0.1) is 4.70 Å². The van der Waals surface area contributed by atoms with E-state index >= 15 is 0 Å². The first-order chi connectivity index (χ1) is 6.43. The van der Waals surface area contributed by atoms with Crippen molar-refractivity contribution in [3.63, 3.8) is 0 Å². The maximum atomic E-state index is 2.21. The van der Waals surface area contributed by atoms with Crippen molar-refractivity contribution in [2.75, 3.05) is 0 Å². The smallest absolute Gasteiger partial charge is 0.166 e. The number of fused-ring (bicyclic) bond motifs is 2. The van der Waals surface area contributed by atoms with Crippen molar-refractivity contribution >= 4 is 26.9 Å². The fourth-order valence-corrected chi connectivity index (χ4v) is 2.35. The molecule has 3 aromatic heterocycles. The fraction of sp³-hybridized carbons (Fsp3) is 0. The summed E-state index contributed by atoms with van der Waals surface area (Å²) in [6.07, 6.45) is 4.25. The molecule has 0 unspecified atom stereocenters. The van der Waals surface area contributed by atoms with E-state index in [2.05, 4.69) is 46.4 Å². The molecular weight excluding hydrogens is 178 g/mol. The average Bonchev–Trinajstić information content (AvgIpc) is 2.61. The van der Waals surface area contributed by atoms with E-state index in [0.29, 0.717) is 0 Å². The minimum atomic E-state index is 1.24. The molecule has 2 heteroatoms. The molecule has 3 aromatic rings. The first-order valence-electron chi connectivity index (χ1n) is 4.21. The third kappa shape index (κ3) is 1.03. The number of hydrogen-bond donors (Lipinski definition) is 0. The number of thiophene rings is 1. The van der Waals surface area contributed by atoms with E-state index in [-0.39, 0.29) is 0 Å². The van der Waals surface area contributed by atoms with Crippen LogP contribution < -0.4 is 4.40 Å². The summed E-state index contributed by atoms with van der Waals surface area (Å²) < 4.78 is 3.49. The van der Waals surface area contributed by atoms with Crippen LogP contribution in [0.3, 0.4) is 0 Å². The van der Waals surface area contributed by atoms with E-state index in [1.54, 1.807) is 11.3 Å². The van der Waals surface area contributed by atoms with Crippen molar-refractivity contribution < 1.29 is 4.40 Å². The molecule has 0 atom stereocenters. The van der Waals surface area contributed by atoms with Crippen LogP contribution in [-0.2, 0) is 0 Å². The Labute approximate surface area is 79.9 Å². The molecule has 0 aliphatic rings. The molecule has 0 bridgehead atoms. The average molecular weight is 186 g/mol. The summed E-state index contributed by atoms with van der Waals surface area (Å²) in [6, 6.07) is 10.6. The summed E-state index contributed by atoms with van der Waals surface area (Å²) in [5.74, 6) is 0. The van der Waals surface area contributed by atoms with Crippen LogP contribution in [0.25, 0.3) is 15.6 Å². The molecule has 0 N–H and O–H groups in total. The van der Waals surface area contributed by atoms with Gasteiger partial charge < -0.3 is 0 Å². The largest absolute Gasteiger partial charge is 0.211 e. The summed E-state index contributed by atoms with van der Waals surface area (Å²) in [5.41, 5.74) is 1.24. The molecule has 0 aliphatic carbocycles. The summed E-state index contributed by atoms with van der Waals surface area (Å²) in [5, 5.41) is 3.46. The monoisotopic (exact) mass is 186 g/mol. The first-order valence-corrected chi connectivity index (χ1v) is 5.09. The standard InChI is InChI=1S/C11H8NS/c1-2-5-12-8-11-9(4-6-13-11)7-10(12)3-1/h1-8H/q+1. The molecule has 3 rings (SSSR count). The Morgan fingerprint density at radius 2 is 2.15 bits per heavy atom. The van der Waals surface area contributed by atoms with E-state index in [1.807, 2.05) is 6.07 Å². The molecule has 0 saturated heterocycles. The van der Waals surface area contributed by atoms with Crippen LogP contribution in [0.1, 0.15) is 0 Å². The maximum absolute atomic E-state index is 2.21. The lowest BCUT2D eigenvalue weighted by Crippen LogP contribution is -2.19. The molecular formula is C11H8NS+. The second-order valence-corrected chi connectivity index (χ2v) is 3.99. The number of nitrogens with zero attached hydrogens (tertiary/aromatic N) is 1. The summed E-state index contributed by atoms with van der Waals surface area (Å²) in [6.45, 7) is 0. The van der Waals surface area contributed by atoms with Gasteiger partial charge in [0.15, 0.2) is 12.4 Å². The van der Waals surface area contributed by atoms with Crippen LogP contribution in [0, 0.1) is 0 Å². The Balaban J connectivity index is 2.57. The lowest BCUT2D eigenvalue weighted by Gasteiger charge is -1.89. The van der Waals surface area contributed by atoms with E-state index in [9.17, 15) is 0 Å². The van der Waals surface area contributed by atoms with E-state index in [0.717, 1.165) is 0 Å². The first kappa shape index (κ1) is 7.04. The Kier molecular flexibility index (Phi) is 1.37.